The van der Waals surface area contributed by atoms with E-state index in [0.717, 1.165) is 0 Å². The summed E-state index contributed by atoms with van der Waals surface area (Å²) in [5.41, 5.74) is 0.399. The molecule has 0 saturated heterocycles. The number of hydrogen-bond donors (Lipinski definition) is 2. The van der Waals surface area contributed by atoms with Gasteiger partial charge < -0.3 is 15.2 Å². The number of amides is 1. The van der Waals surface area contributed by atoms with Gasteiger partial charge in [0.25, 0.3) is 5.91 Å². The molecule has 1 rings (SSSR count). The fraction of sp³-hybridized carbons (Fsp3) is 0.333. The van der Waals surface area contributed by atoms with E-state index in [1.165, 1.54) is 0 Å². The van der Waals surface area contributed by atoms with Gasteiger partial charge >= 0.3 is 5.97 Å². The molecule has 0 aliphatic heterocycles. The van der Waals surface area contributed by atoms with E-state index in [9.17, 15) is 9.59 Å². The van der Waals surface area contributed by atoms with Crippen LogP contribution in [0, 0.1) is 0 Å². The first-order valence-electron chi connectivity index (χ1n) is 6.45. The van der Waals surface area contributed by atoms with Crippen LogP contribution in [0.3, 0.4) is 0 Å². The predicted octanol–water partition coefficient (Wildman–Crippen LogP) is 2.19. The molecule has 0 bridgehead atoms. The first-order valence-corrected chi connectivity index (χ1v) is 7.84. The molecule has 0 radical (unpaired) electrons. The van der Waals surface area contributed by atoms with Crippen molar-refractivity contribution in [3.8, 4) is 5.75 Å². The molecule has 5 nitrogen and oxygen atoms in total. The lowest BCUT2D eigenvalue weighted by Gasteiger charge is -2.14. The third kappa shape index (κ3) is 5.91. The van der Waals surface area contributed by atoms with Crippen molar-refractivity contribution >= 4 is 23.6 Å². The van der Waals surface area contributed by atoms with Crippen LogP contribution in [0.5, 0.6) is 5.75 Å². The van der Waals surface area contributed by atoms with Gasteiger partial charge in [0.05, 0.1) is 0 Å². The number of ether oxygens (including phenoxy) is 1. The van der Waals surface area contributed by atoms with E-state index in [4.69, 9.17) is 9.84 Å². The molecule has 2 N–H and O–H groups in total. The molecule has 0 aromatic heterocycles. The summed E-state index contributed by atoms with van der Waals surface area (Å²) in [4.78, 5) is 23.1. The second kappa shape index (κ2) is 9.07. The largest absolute Gasteiger partial charge is 0.490 e. The summed E-state index contributed by atoms with van der Waals surface area (Å²) in [6.45, 7) is 3.94. The Balaban J connectivity index is 2.64. The zero-order valence-electron chi connectivity index (χ0n) is 11.9. The summed E-state index contributed by atoms with van der Waals surface area (Å²) in [5, 5.41) is 11.6. The van der Waals surface area contributed by atoms with Gasteiger partial charge in [-0.05, 0) is 42.7 Å². The van der Waals surface area contributed by atoms with Crippen LogP contribution in [0.2, 0.25) is 0 Å². The number of rotatable bonds is 9. The van der Waals surface area contributed by atoms with E-state index in [1.807, 2.05) is 6.26 Å². The standard InChI is InChI=1S/C15H19NO4S/c1-3-9-20-12-6-4-11(5-7-12)14(17)16-13(15(18)19)8-10-21-2/h3-7,13H,1,8-10H2,2H3,(H,16,17)(H,18,19)/t13-/m1/s1. The molecule has 0 heterocycles. The number of benzene rings is 1. The van der Waals surface area contributed by atoms with Crippen LogP contribution in [0.25, 0.3) is 0 Å². The minimum Gasteiger partial charge on any atom is -0.490 e. The van der Waals surface area contributed by atoms with E-state index >= 15 is 0 Å². The summed E-state index contributed by atoms with van der Waals surface area (Å²) in [7, 11) is 0. The van der Waals surface area contributed by atoms with Crippen molar-refractivity contribution < 1.29 is 19.4 Å². The summed E-state index contributed by atoms with van der Waals surface area (Å²) in [5.74, 6) is -0.128. The smallest absolute Gasteiger partial charge is 0.326 e. The van der Waals surface area contributed by atoms with Crippen molar-refractivity contribution in [1.29, 1.82) is 0 Å². The molecule has 0 saturated carbocycles. The number of carbonyl (C=O) groups is 2. The van der Waals surface area contributed by atoms with Gasteiger partial charge in [0.2, 0.25) is 0 Å². The Labute approximate surface area is 128 Å². The van der Waals surface area contributed by atoms with Crippen molar-refractivity contribution in [3.05, 3.63) is 42.5 Å². The normalized spacial score (nSPS) is 11.5. The quantitative estimate of drug-likeness (QED) is 0.684. The van der Waals surface area contributed by atoms with Gasteiger partial charge in [-0.1, -0.05) is 12.7 Å². The maximum absolute atomic E-state index is 12.0. The monoisotopic (exact) mass is 309 g/mol. The van der Waals surface area contributed by atoms with Crippen LogP contribution in [0.15, 0.2) is 36.9 Å². The van der Waals surface area contributed by atoms with Crippen molar-refractivity contribution in [3.63, 3.8) is 0 Å². The molecule has 21 heavy (non-hydrogen) atoms. The predicted molar refractivity (Wildman–Crippen MR) is 84.0 cm³/mol. The number of carboxylic acid groups (broad SMARTS) is 1. The van der Waals surface area contributed by atoms with Gasteiger partial charge in [0, 0.05) is 5.56 Å². The third-order valence-corrected chi connectivity index (χ3v) is 3.34. The Kier molecular flexibility index (Phi) is 7.39. The fourth-order valence-corrected chi connectivity index (χ4v) is 2.06. The van der Waals surface area contributed by atoms with Gasteiger partial charge in [-0.2, -0.15) is 11.8 Å². The molecular weight excluding hydrogens is 290 g/mol. The van der Waals surface area contributed by atoms with Crippen molar-refractivity contribution in [2.75, 3.05) is 18.6 Å². The summed E-state index contributed by atoms with van der Waals surface area (Å²) >= 11 is 1.54. The molecule has 114 valence electrons. The second-order valence-electron chi connectivity index (χ2n) is 4.27. The van der Waals surface area contributed by atoms with Crippen LogP contribution >= 0.6 is 11.8 Å². The minimum atomic E-state index is -1.02. The van der Waals surface area contributed by atoms with Gasteiger partial charge in [-0.25, -0.2) is 4.79 Å². The molecule has 0 fully saturated rings. The molecule has 0 unspecified atom stereocenters. The van der Waals surface area contributed by atoms with Crippen molar-refractivity contribution in [2.45, 2.75) is 12.5 Å². The van der Waals surface area contributed by atoms with Crippen LogP contribution in [0.4, 0.5) is 0 Å². The Hall–Kier alpha value is -1.95. The Morgan fingerprint density at radius 1 is 1.43 bits per heavy atom. The number of carbonyl (C=O) groups excluding carboxylic acids is 1. The number of nitrogens with one attached hydrogen (secondary N) is 1. The topological polar surface area (TPSA) is 75.6 Å². The van der Waals surface area contributed by atoms with Crippen LogP contribution < -0.4 is 10.1 Å². The van der Waals surface area contributed by atoms with Gasteiger partial charge in [-0.15, -0.1) is 0 Å². The Morgan fingerprint density at radius 3 is 2.62 bits per heavy atom. The van der Waals surface area contributed by atoms with E-state index in [2.05, 4.69) is 11.9 Å². The van der Waals surface area contributed by atoms with Crippen LogP contribution in [-0.2, 0) is 4.79 Å². The van der Waals surface area contributed by atoms with Gasteiger partial charge in [0.15, 0.2) is 0 Å². The molecule has 0 spiro atoms. The molecule has 1 amide bonds. The molecule has 6 heteroatoms. The SMILES string of the molecule is C=CCOc1ccc(C(=O)N[C@H](CCSC)C(=O)O)cc1. The lowest BCUT2D eigenvalue weighted by molar-refractivity contribution is -0.139. The summed E-state index contributed by atoms with van der Waals surface area (Å²) in [6, 6.07) is 5.65. The zero-order valence-corrected chi connectivity index (χ0v) is 12.7. The van der Waals surface area contributed by atoms with Gasteiger partial charge in [0.1, 0.15) is 18.4 Å². The molecule has 0 aliphatic carbocycles. The Morgan fingerprint density at radius 2 is 2.10 bits per heavy atom. The molecular formula is C15H19NO4S. The Bertz CT molecular complexity index is 487. The number of aliphatic carboxylic acids is 1. The zero-order chi connectivity index (χ0) is 15.7. The highest BCUT2D eigenvalue weighted by Crippen LogP contribution is 2.12. The number of hydrogen-bond acceptors (Lipinski definition) is 4. The fourth-order valence-electron chi connectivity index (χ4n) is 1.59. The van der Waals surface area contributed by atoms with Crippen LogP contribution in [-0.4, -0.2) is 41.6 Å². The molecule has 1 aromatic rings. The van der Waals surface area contributed by atoms with Crippen molar-refractivity contribution in [2.24, 2.45) is 0 Å². The first kappa shape index (κ1) is 17.1. The maximum Gasteiger partial charge on any atom is 0.326 e. The lowest BCUT2D eigenvalue weighted by atomic mass is 10.1. The second-order valence-corrected chi connectivity index (χ2v) is 5.26. The highest BCUT2D eigenvalue weighted by molar-refractivity contribution is 7.98. The van der Waals surface area contributed by atoms with E-state index in [0.29, 0.717) is 30.1 Å². The first-order chi connectivity index (χ1) is 10.1. The highest BCUT2D eigenvalue weighted by atomic mass is 32.2. The average molecular weight is 309 g/mol. The van der Waals surface area contributed by atoms with Crippen LogP contribution in [0.1, 0.15) is 16.8 Å². The highest BCUT2D eigenvalue weighted by Gasteiger charge is 2.20. The summed E-state index contributed by atoms with van der Waals surface area (Å²) in [6.07, 6.45) is 3.91. The number of thioether (sulfide) groups is 1. The third-order valence-electron chi connectivity index (χ3n) is 2.70. The number of carboxylic acids is 1. The lowest BCUT2D eigenvalue weighted by Crippen LogP contribution is -2.41. The maximum atomic E-state index is 12.0. The van der Waals surface area contributed by atoms with Crippen molar-refractivity contribution in [1.82, 2.24) is 5.32 Å². The van der Waals surface area contributed by atoms with Gasteiger partial charge in [-0.3, -0.25) is 4.79 Å². The van der Waals surface area contributed by atoms with E-state index in [1.54, 1.807) is 42.1 Å². The molecule has 1 aromatic carbocycles. The average Bonchev–Trinajstić information content (AvgIpc) is 2.49. The van der Waals surface area contributed by atoms with E-state index < -0.39 is 17.9 Å². The molecule has 1 atom stereocenters. The van der Waals surface area contributed by atoms with E-state index in [-0.39, 0.29) is 0 Å². The minimum absolute atomic E-state index is 0.390. The summed E-state index contributed by atoms with van der Waals surface area (Å²) < 4.78 is 5.32. The molecule has 0 aliphatic rings.